The van der Waals surface area contributed by atoms with Gasteiger partial charge in [-0.2, -0.15) is 0 Å². The number of likely N-dealkylation sites (tertiary alicyclic amines) is 1. The number of rotatable bonds is 10. The molecule has 0 aromatic heterocycles. The lowest BCUT2D eigenvalue weighted by atomic mass is 9.95. The first-order chi connectivity index (χ1) is 16.3. The minimum Gasteiger partial charge on any atom is -0.507 e. The van der Waals surface area contributed by atoms with E-state index < -0.39 is 23.7 Å². The first-order valence-electron chi connectivity index (χ1n) is 10.8. The minimum absolute atomic E-state index is 0.0338. The van der Waals surface area contributed by atoms with E-state index in [1.807, 2.05) is 0 Å². The van der Waals surface area contributed by atoms with E-state index in [1.165, 1.54) is 25.2 Å². The van der Waals surface area contributed by atoms with Gasteiger partial charge in [-0.3, -0.25) is 14.4 Å². The lowest BCUT2D eigenvalue weighted by molar-refractivity contribution is -0.140. The van der Waals surface area contributed by atoms with Gasteiger partial charge in [0, 0.05) is 23.6 Å². The van der Waals surface area contributed by atoms with Crippen LogP contribution < -0.4 is 9.47 Å². The van der Waals surface area contributed by atoms with Gasteiger partial charge in [0.05, 0.1) is 25.8 Å². The van der Waals surface area contributed by atoms with Crippen LogP contribution in [-0.2, 0) is 14.4 Å². The molecule has 3 rings (SSSR count). The lowest BCUT2D eigenvalue weighted by Gasteiger charge is -2.26. The highest BCUT2D eigenvalue weighted by atomic mass is 35.5. The summed E-state index contributed by atoms with van der Waals surface area (Å²) in [6, 6.07) is 10.6. The van der Waals surface area contributed by atoms with Gasteiger partial charge in [0.25, 0.3) is 11.7 Å². The van der Waals surface area contributed by atoms with Crippen molar-refractivity contribution in [2.75, 3.05) is 20.8 Å². The zero-order valence-electron chi connectivity index (χ0n) is 18.9. The zero-order chi connectivity index (χ0) is 24.8. The van der Waals surface area contributed by atoms with Gasteiger partial charge in [0.15, 0.2) is 11.5 Å². The third-order valence-electron chi connectivity index (χ3n) is 5.69. The van der Waals surface area contributed by atoms with E-state index in [0.29, 0.717) is 41.3 Å². The summed E-state index contributed by atoms with van der Waals surface area (Å²) in [5.74, 6) is -1.99. The summed E-state index contributed by atoms with van der Waals surface area (Å²) < 4.78 is 10.5. The molecule has 9 heteroatoms. The molecule has 0 saturated carbocycles. The fourth-order valence-electron chi connectivity index (χ4n) is 4.01. The number of hydrogen-bond acceptors (Lipinski definition) is 6. The van der Waals surface area contributed by atoms with Crippen molar-refractivity contribution in [3.8, 4) is 11.5 Å². The highest BCUT2D eigenvalue weighted by Crippen LogP contribution is 2.42. The number of aliphatic carboxylic acids is 1. The van der Waals surface area contributed by atoms with Gasteiger partial charge in [-0.1, -0.05) is 36.2 Å². The maximum absolute atomic E-state index is 13.1. The number of Topliss-reactive ketones (excluding diaryl/α,β-unsaturated/α-hetero) is 1. The Morgan fingerprint density at radius 1 is 1.00 bits per heavy atom. The maximum Gasteiger partial charge on any atom is 0.303 e. The number of halogens is 1. The molecule has 8 nitrogen and oxygen atoms in total. The number of unbranched alkanes of at least 4 members (excludes halogenated alkanes) is 2. The quantitative estimate of drug-likeness (QED) is 0.220. The highest BCUT2D eigenvalue weighted by Gasteiger charge is 2.46. The molecule has 0 radical (unpaired) electrons. The van der Waals surface area contributed by atoms with Crippen molar-refractivity contribution in [3.63, 3.8) is 0 Å². The highest BCUT2D eigenvalue weighted by molar-refractivity contribution is 6.47. The molecule has 1 saturated heterocycles. The third kappa shape index (κ3) is 5.17. The van der Waals surface area contributed by atoms with Crippen molar-refractivity contribution in [2.45, 2.75) is 31.7 Å². The first-order valence-corrected chi connectivity index (χ1v) is 11.1. The second-order valence-electron chi connectivity index (χ2n) is 7.79. The molecule has 180 valence electrons. The van der Waals surface area contributed by atoms with E-state index in [0.717, 1.165) is 0 Å². The number of ketones is 1. The smallest absolute Gasteiger partial charge is 0.303 e. The molecule has 1 heterocycles. The Labute approximate surface area is 202 Å². The number of aliphatic hydroxyl groups is 1. The van der Waals surface area contributed by atoms with Crippen LogP contribution in [0.2, 0.25) is 5.02 Å². The molecular formula is C25H26ClNO7. The standard InChI is InChI=1S/C25H26ClNO7/c1-33-18-12-11-15(14-19(18)34-2)23(30)21-22(16-8-5-6-9-17(16)26)27(25(32)24(21)31)13-7-3-4-10-20(28)29/h5-6,8-9,11-12,14,22,30H,3-4,7,10,13H2,1-2H3,(H,28,29)/t22-/m0/s1. The summed E-state index contributed by atoms with van der Waals surface area (Å²) in [7, 11) is 2.94. The molecule has 1 aliphatic rings. The molecule has 0 spiro atoms. The van der Waals surface area contributed by atoms with Crippen LogP contribution >= 0.6 is 11.6 Å². The van der Waals surface area contributed by atoms with E-state index in [2.05, 4.69) is 0 Å². The number of carboxylic acids is 1. The number of carboxylic acid groups (broad SMARTS) is 1. The fraction of sp³-hybridized carbons (Fsp3) is 0.320. The number of carbonyl (C=O) groups excluding carboxylic acids is 2. The van der Waals surface area contributed by atoms with Gasteiger partial charge in [-0.05, 0) is 42.7 Å². The van der Waals surface area contributed by atoms with Crippen molar-refractivity contribution in [1.29, 1.82) is 0 Å². The average molecular weight is 488 g/mol. The van der Waals surface area contributed by atoms with Gasteiger partial charge in [-0.15, -0.1) is 0 Å². The molecule has 1 atom stereocenters. The maximum atomic E-state index is 13.1. The molecule has 0 unspecified atom stereocenters. The number of aliphatic hydroxyl groups excluding tert-OH is 1. The number of ether oxygens (including phenoxy) is 2. The van der Waals surface area contributed by atoms with Crippen molar-refractivity contribution in [3.05, 3.63) is 64.2 Å². The lowest BCUT2D eigenvalue weighted by Crippen LogP contribution is -2.30. The molecule has 1 amide bonds. The minimum atomic E-state index is -0.888. The number of carbonyl (C=O) groups is 3. The number of amides is 1. The predicted octanol–water partition coefficient (Wildman–Crippen LogP) is 4.42. The first kappa shape index (κ1) is 25.1. The third-order valence-corrected chi connectivity index (χ3v) is 6.03. The van der Waals surface area contributed by atoms with E-state index in [1.54, 1.807) is 36.4 Å². The molecule has 1 fully saturated rings. The summed E-state index contributed by atoms with van der Waals surface area (Å²) in [6.07, 6.45) is 1.56. The van der Waals surface area contributed by atoms with Gasteiger partial charge < -0.3 is 24.6 Å². The van der Waals surface area contributed by atoms with Crippen LogP contribution in [0.3, 0.4) is 0 Å². The Hall–Kier alpha value is -3.52. The van der Waals surface area contributed by atoms with Crippen LogP contribution in [-0.4, -0.2) is 53.5 Å². The topological polar surface area (TPSA) is 113 Å². The molecular weight excluding hydrogens is 462 g/mol. The SMILES string of the molecule is COc1ccc(C(O)=C2C(=O)C(=O)N(CCCCCC(=O)O)[C@H]2c2ccccc2Cl)cc1OC. The number of hydrogen-bond donors (Lipinski definition) is 2. The van der Waals surface area contributed by atoms with E-state index in [-0.39, 0.29) is 29.9 Å². The van der Waals surface area contributed by atoms with Crippen molar-refractivity contribution in [1.82, 2.24) is 4.90 Å². The van der Waals surface area contributed by atoms with Crippen LogP contribution in [0.5, 0.6) is 11.5 Å². The largest absolute Gasteiger partial charge is 0.507 e. The van der Waals surface area contributed by atoms with Crippen LogP contribution in [0.25, 0.3) is 5.76 Å². The molecule has 2 aromatic carbocycles. The zero-order valence-corrected chi connectivity index (χ0v) is 19.7. The van der Waals surface area contributed by atoms with Crippen LogP contribution in [0.15, 0.2) is 48.0 Å². The summed E-state index contributed by atoms with van der Waals surface area (Å²) in [4.78, 5) is 38.2. The molecule has 0 aliphatic carbocycles. The predicted molar refractivity (Wildman–Crippen MR) is 126 cm³/mol. The Balaban J connectivity index is 2.04. The monoisotopic (exact) mass is 487 g/mol. The fourth-order valence-corrected chi connectivity index (χ4v) is 4.24. The average Bonchev–Trinajstić information content (AvgIpc) is 3.07. The molecule has 1 aliphatic heterocycles. The molecule has 2 N–H and O–H groups in total. The Morgan fingerprint density at radius 2 is 1.71 bits per heavy atom. The van der Waals surface area contributed by atoms with Crippen LogP contribution in [0.4, 0.5) is 0 Å². The summed E-state index contributed by atoms with van der Waals surface area (Å²) >= 11 is 6.43. The number of benzene rings is 2. The van der Waals surface area contributed by atoms with E-state index in [4.69, 9.17) is 26.2 Å². The number of methoxy groups -OCH3 is 2. The molecule has 2 aromatic rings. The van der Waals surface area contributed by atoms with Gasteiger partial charge in [-0.25, -0.2) is 0 Å². The Morgan fingerprint density at radius 3 is 2.35 bits per heavy atom. The normalized spacial score (nSPS) is 17.1. The van der Waals surface area contributed by atoms with Crippen molar-refractivity contribution >= 4 is 35.0 Å². The van der Waals surface area contributed by atoms with Gasteiger partial charge >= 0.3 is 5.97 Å². The van der Waals surface area contributed by atoms with Crippen molar-refractivity contribution < 1.29 is 34.1 Å². The van der Waals surface area contributed by atoms with Crippen LogP contribution in [0, 0.1) is 0 Å². The van der Waals surface area contributed by atoms with Gasteiger partial charge in [0.1, 0.15) is 5.76 Å². The second-order valence-corrected chi connectivity index (χ2v) is 8.20. The summed E-state index contributed by atoms with van der Waals surface area (Å²) in [5.41, 5.74) is 0.723. The Bertz CT molecular complexity index is 1130. The van der Waals surface area contributed by atoms with E-state index >= 15 is 0 Å². The van der Waals surface area contributed by atoms with E-state index in [9.17, 15) is 19.5 Å². The van der Waals surface area contributed by atoms with Crippen LogP contribution in [0.1, 0.15) is 42.9 Å². The van der Waals surface area contributed by atoms with Crippen molar-refractivity contribution in [2.24, 2.45) is 0 Å². The second kappa shape index (κ2) is 11.1. The summed E-state index contributed by atoms with van der Waals surface area (Å²) in [6.45, 7) is 0.211. The Kier molecular flexibility index (Phi) is 8.17. The summed E-state index contributed by atoms with van der Waals surface area (Å²) in [5, 5.41) is 20.4. The van der Waals surface area contributed by atoms with Gasteiger partial charge in [0.2, 0.25) is 0 Å². The molecule has 0 bridgehead atoms. The number of nitrogens with zero attached hydrogens (tertiary/aromatic N) is 1. The molecule has 34 heavy (non-hydrogen) atoms.